The Morgan fingerprint density at radius 1 is 1.24 bits per heavy atom. The molecular formula is C22H26N4O5S2. The fraction of sp³-hybridized carbons (Fsp3) is 0.409. The number of thiophene rings is 1. The number of nitrogens with zero attached hydrogens (tertiary/aromatic N) is 3. The molecule has 1 saturated heterocycles. The van der Waals surface area contributed by atoms with Crippen LogP contribution in [0.15, 0.2) is 34.2 Å². The van der Waals surface area contributed by atoms with E-state index in [0.29, 0.717) is 35.6 Å². The number of fused-ring (bicyclic) bond motifs is 1. The number of carbonyl (C=O) groups excluding carboxylic acids is 1. The topological polar surface area (TPSA) is 111 Å². The third-order valence-corrected chi connectivity index (χ3v) is 8.72. The Kier molecular flexibility index (Phi) is 6.55. The molecule has 1 N–H and O–H groups in total. The van der Waals surface area contributed by atoms with E-state index in [2.05, 4.69) is 10.3 Å². The predicted molar refractivity (Wildman–Crippen MR) is 128 cm³/mol. The zero-order valence-corrected chi connectivity index (χ0v) is 20.4. The first-order chi connectivity index (χ1) is 15.7. The molecule has 0 aliphatic carbocycles. The van der Waals surface area contributed by atoms with Crippen molar-refractivity contribution in [3.8, 4) is 5.75 Å². The van der Waals surface area contributed by atoms with Crippen LogP contribution in [0.25, 0.3) is 10.2 Å². The molecule has 2 aromatic heterocycles. The molecule has 1 amide bonds. The van der Waals surface area contributed by atoms with Crippen molar-refractivity contribution in [2.75, 3.05) is 25.0 Å². The van der Waals surface area contributed by atoms with E-state index in [1.807, 2.05) is 13.8 Å². The number of hydrogen-bond acceptors (Lipinski definition) is 7. The van der Waals surface area contributed by atoms with Gasteiger partial charge < -0.3 is 10.1 Å². The van der Waals surface area contributed by atoms with E-state index in [9.17, 15) is 18.0 Å². The first-order valence-electron chi connectivity index (χ1n) is 10.7. The van der Waals surface area contributed by atoms with E-state index in [0.717, 1.165) is 23.3 Å². The van der Waals surface area contributed by atoms with Gasteiger partial charge in [0.05, 0.1) is 18.3 Å². The summed E-state index contributed by atoms with van der Waals surface area (Å²) in [4.78, 5) is 31.5. The Labute approximate surface area is 196 Å². The van der Waals surface area contributed by atoms with E-state index in [1.54, 1.807) is 19.1 Å². The van der Waals surface area contributed by atoms with Crippen LogP contribution in [0.4, 0.5) is 5.69 Å². The quantitative estimate of drug-likeness (QED) is 0.545. The number of sulfonamides is 1. The summed E-state index contributed by atoms with van der Waals surface area (Å²) in [6.07, 6.45) is 2.99. The van der Waals surface area contributed by atoms with E-state index in [-0.39, 0.29) is 22.7 Å². The van der Waals surface area contributed by atoms with Crippen molar-refractivity contribution in [2.45, 2.75) is 45.1 Å². The first-order valence-corrected chi connectivity index (χ1v) is 13.0. The van der Waals surface area contributed by atoms with E-state index >= 15 is 0 Å². The molecule has 3 heterocycles. The Bertz CT molecular complexity index is 1370. The highest BCUT2D eigenvalue weighted by atomic mass is 32.2. The summed E-state index contributed by atoms with van der Waals surface area (Å²) in [7, 11) is -3.75. The molecule has 0 saturated carbocycles. The fourth-order valence-corrected chi connectivity index (χ4v) is 6.53. The van der Waals surface area contributed by atoms with Gasteiger partial charge in [-0.15, -0.1) is 11.3 Å². The van der Waals surface area contributed by atoms with Crippen LogP contribution in [0.1, 0.15) is 30.2 Å². The third-order valence-electron chi connectivity index (χ3n) is 5.68. The molecule has 0 atom stereocenters. The number of anilines is 1. The van der Waals surface area contributed by atoms with Gasteiger partial charge in [0.1, 0.15) is 22.0 Å². The molecule has 1 aliphatic rings. The molecule has 11 heteroatoms. The van der Waals surface area contributed by atoms with Crippen molar-refractivity contribution in [3.05, 3.63) is 45.3 Å². The minimum Gasteiger partial charge on any atom is -0.492 e. The van der Waals surface area contributed by atoms with Crippen LogP contribution < -0.4 is 15.6 Å². The molecule has 0 unspecified atom stereocenters. The summed E-state index contributed by atoms with van der Waals surface area (Å²) in [5, 5.41) is 3.22. The van der Waals surface area contributed by atoms with Crippen LogP contribution in [0.3, 0.4) is 0 Å². The second-order valence-corrected chi connectivity index (χ2v) is 11.0. The molecule has 33 heavy (non-hydrogen) atoms. The van der Waals surface area contributed by atoms with Gasteiger partial charge in [-0.3, -0.25) is 14.2 Å². The second-order valence-electron chi connectivity index (χ2n) is 7.89. The average molecular weight is 491 g/mol. The number of rotatable bonds is 7. The van der Waals surface area contributed by atoms with Crippen LogP contribution in [0, 0.1) is 13.8 Å². The highest BCUT2D eigenvalue weighted by molar-refractivity contribution is 7.89. The van der Waals surface area contributed by atoms with Crippen molar-refractivity contribution in [1.82, 2.24) is 13.9 Å². The number of benzene rings is 1. The van der Waals surface area contributed by atoms with Gasteiger partial charge in [-0.05, 0) is 57.4 Å². The number of amides is 1. The molecule has 0 spiro atoms. The molecule has 1 aromatic carbocycles. The number of carbonyl (C=O) groups is 1. The second kappa shape index (κ2) is 9.24. The van der Waals surface area contributed by atoms with Gasteiger partial charge in [0, 0.05) is 23.7 Å². The van der Waals surface area contributed by atoms with Crippen LogP contribution in [-0.4, -0.2) is 47.9 Å². The highest BCUT2D eigenvalue weighted by Gasteiger charge is 2.30. The summed E-state index contributed by atoms with van der Waals surface area (Å²) in [6.45, 7) is 6.57. The summed E-state index contributed by atoms with van der Waals surface area (Å²) in [5.41, 5.74) is 0.900. The van der Waals surface area contributed by atoms with Gasteiger partial charge in [-0.25, -0.2) is 13.4 Å². The van der Waals surface area contributed by atoms with Gasteiger partial charge in [0.2, 0.25) is 15.9 Å². The lowest BCUT2D eigenvalue weighted by molar-refractivity contribution is -0.116. The number of aryl methyl sites for hydroxylation is 2. The number of aromatic nitrogens is 2. The minimum absolute atomic E-state index is 0.0219. The Hall–Kier alpha value is -2.76. The lowest BCUT2D eigenvalue weighted by Crippen LogP contribution is -2.29. The normalized spacial score (nSPS) is 14.6. The zero-order chi connectivity index (χ0) is 23.8. The molecule has 0 bridgehead atoms. The molecule has 1 fully saturated rings. The summed E-state index contributed by atoms with van der Waals surface area (Å²) < 4.78 is 34.5. The standard InChI is InChI=1S/C22H26N4O5S2/c1-4-31-17-8-7-16(11-18(17)33(29,30)26-9-5-6-10-26)24-19(27)12-25-13-23-21-20(22(25)28)14(2)15(3)32-21/h7-8,11,13H,4-6,9-10,12H2,1-3H3,(H,24,27). The maximum Gasteiger partial charge on any atom is 0.262 e. The van der Waals surface area contributed by atoms with Gasteiger partial charge in [0.15, 0.2) is 0 Å². The van der Waals surface area contributed by atoms with Crippen LogP contribution in [-0.2, 0) is 21.4 Å². The lowest BCUT2D eigenvalue weighted by Gasteiger charge is -2.19. The zero-order valence-electron chi connectivity index (χ0n) is 18.8. The average Bonchev–Trinajstić information content (AvgIpc) is 3.41. The maximum atomic E-state index is 13.1. The summed E-state index contributed by atoms with van der Waals surface area (Å²) >= 11 is 1.44. The van der Waals surface area contributed by atoms with E-state index < -0.39 is 15.9 Å². The monoisotopic (exact) mass is 490 g/mol. The molecule has 1 aliphatic heterocycles. The minimum atomic E-state index is -3.75. The molecule has 176 valence electrons. The number of hydrogen-bond donors (Lipinski definition) is 1. The Morgan fingerprint density at radius 2 is 1.97 bits per heavy atom. The Morgan fingerprint density at radius 3 is 2.67 bits per heavy atom. The van der Waals surface area contributed by atoms with Crippen molar-refractivity contribution in [3.63, 3.8) is 0 Å². The fourth-order valence-electron chi connectivity index (χ4n) is 3.87. The van der Waals surface area contributed by atoms with Crippen LogP contribution in [0.2, 0.25) is 0 Å². The summed E-state index contributed by atoms with van der Waals surface area (Å²) in [5.74, 6) is -0.215. The molecule has 9 nitrogen and oxygen atoms in total. The highest BCUT2D eigenvalue weighted by Crippen LogP contribution is 2.31. The number of nitrogens with one attached hydrogen (secondary N) is 1. The van der Waals surface area contributed by atoms with Crippen LogP contribution in [0.5, 0.6) is 5.75 Å². The van der Waals surface area contributed by atoms with Gasteiger partial charge in [-0.2, -0.15) is 4.31 Å². The number of ether oxygens (including phenoxy) is 1. The van der Waals surface area contributed by atoms with Crippen molar-refractivity contribution < 1.29 is 17.9 Å². The summed E-state index contributed by atoms with van der Waals surface area (Å²) in [6, 6.07) is 4.54. The first kappa shape index (κ1) is 23.4. The lowest BCUT2D eigenvalue weighted by atomic mass is 10.2. The SMILES string of the molecule is CCOc1ccc(NC(=O)Cn2cnc3sc(C)c(C)c3c2=O)cc1S(=O)(=O)N1CCCC1. The van der Waals surface area contributed by atoms with Gasteiger partial charge >= 0.3 is 0 Å². The molecule has 4 rings (SSSR count). The van der Waals surface area contributed by atoms with Gasteiger partial charge in [0.25, 0.3) is 5.56 Å². The van der Waals surface area contributed by atoms with E-state index in [4.69, 9.17) is 4.74 Å². The third kappa shape index (κ3) is 4.53. The van der Waals surface area contributed by atoms with Crippen molar-refractivity contribution in [2.24, 2.45) is 0 Å². The maximum absolute atomic E-state index is 13.1. The van der Waals surface area contributed by atoms with E-state index in [1.165, 1.54) is 32.6 Å². The molecule has 0 radical (unpaired) electrons. The molecular weight excluding hydrogens is 464 g/mol. The van der Waals surface area contributed by atoms with Crippen molar-refractivity contribution in [1.29, 1.82) is 0 Å². The van der Waals surface area contributed by atoms with Crippen LogP contribution >= 0.6 is 11.3 Å². The Balaban J connectivity index is 1.60. The predicted octanol–water partition coefficient (Wildman–Crippen LogP) is 2.90. The molecule has 3 aromatic rings. The smallest absolute Gasteiger partial charge is 0.262 e. The largest absolute Gasteiger partial charge is 0.492 e. The van der Waals surface area contributed by atoms with Gasteiger partial charge in [-0.1, -0.05) is 0 Å². The van der Waals surface area contributed by atoms with Crippen molar-refractivity contribution >= 4 is 43.2 Å².